The number of hydrogen-bond acceptors (Lipinski definition) is 5. The van der Waals surface area contributed by atoms with Gasteiger partial charge in [-0.2, -0.15) is 0 Å². The number of rotatable bonds is 5. The van der Waals surface area contributed by atoms with Crippen LogP contribution in [0, 0.1) is 11.8 Å². The number of amides is 1. The molecule has 25 heavy (non-hydrogen) atoms. The van der Waals surface area contributed by atoms with Crippen LogP contribution in [0.3, 0.4) is 0 Å². The fraction of sp³-hybridized carbons (Fsp3) is 0.211. The molecule has 1 heterocycles. The second kappa shape index (κ2) is 9.73. The zero-order chi connectivity index (χ0) is 17.9. The van der Waals surface area contributed by atoms with E-state index in [1.165, 1.54) is 19.5 Å². The lowest BCUT2D eigenvalue weighted by molar-refractivity contribution is 0.0600. The van der Waals surface area contributed by atoms with E-state index in [0.717, 1.165) is 5.56 Å². The van der Waals surface area contributed by atoms with Gasteiger partial charge in [0, 0.05) is 25.4 Å². The summed E-state index contributed by atoms with van der Waals surface area (Å²) < 4.78 is 9.78. The quantitative estimate of drug-likeness (QED) is 0.515. The summed E-state index contributed by atoms with van der Waals surface area (Å²) >= 11 is 0. The number of nitrogens with one attached hydrogen (secondary N) is 1. The third-order valence-electron chi connectivity index (χ3n) is 3.18. The van der Waals surface area contributed by atoms with Gasteiger partial charge < -0.3 is 14.8 Å². The molecule has 2 aromatic rings. The van der Waals surface area contributed by atoms with Gasteiger partial charge in [0.05, 0.1) is 18.2 Å². The minimum atomic E-state index is -0.498. The average molecular weight is 338 g/mol. The Morgan fingerprint density at radius 2 is 2.00 bits per heavy atom. The molecule has 0 aliphatic heterocycles. The predicted octanol–water partition coefficient (Wildman–Crippen LogP) is 2.54. The van der Waals surface area contributed by atoms with Gasteiger partial charge in [-0.1, -0.05) is 42.2 Å². The van der Waals surface area contributed by atoms with E-state index in [1.54, 1.807) is 6.07 Å². The Labute approximate surface area is 146 Å². The lowest BCUT2D eigenvalue weighted by Crippen LogP contribution is -2.24. The maximum Gasteiger partial charge on any atom is 0.407 e. The van der Waals surface area contributed by atoms with Gasteiger partial charge in [-0.05, 0) is 11.6 Å². The Balaban J connectivity index is 1.76. The second-order valence-electron chi connectivity index (χ2n) is 4.95. The van der Waals surface area contributed by atoms with Crippen LogP contribution in [0.2, 0.25) is 0 Å². The molecule has 0 spiro atoms. The van der Waals surface area contributed by atoms with E-state index in [1.807, 2.05) is 30.3 Å². The smallest absolute Gasteiger partial charge is 0.407 e. The highest BCUT2D eigenvalue weighted by Gasteiger charge is 2.09. The van der Waals surface area contributed by atoms with Crippen molar-refractivity contribution in [1.82, 2.24) is 10.3 Å². The van der Waals surface area contributed by atoms with Gasteiger partial charge in [0.2, 0.25) is 0 Å². The molecule has 128 valence electrons. The third-order valence-corrected chi connectivity index (χ3v) is 3.18. The van der Waals surface area contributed by atoms with Gasteiger partial charge in [-0.15, -0.1) is 0 Å². The largest absolute Gasteiger partial charge is 0.465 e. The van der Waals surface area contributed by atoms with Crippen molar-refractivity contribution in [2.75, 3.05) is 13.7 Å². The molecule has 1 aromatic heterocycles. The second-order valence-corrected chi connectivity index (χ2v) is 4.95. The van der Waals surface area contributed by atoms with Crippen molar-refractivity contribution in [1.29, 1.82) is 0 Å². The van der Waals surface area contributed by atoms with Crippen LogP contribution in [-0.4, -0.2) is 30.7 Å². The fourth-order valence-corrected chi connectivity index (χ4v) is 1.94. The number of carbonyl (C=O) groups excluding carboxylic acids is 2. The van der Waals surface area contributed by atoms with Gasteiger partial charge >= 0.3 is 12.1 Å². The molecule has 0 aliphatic rings. The summed E-state index contributed by atoms with van der Waals surface area (Å²) in [5.41, 5.74) is 1.77. The van der Waals surface area contributed by atoms with E-state index in [2.05, 4.69) is 22.1 Å². The van der Waals surface area contributed by atoms with Gasteiger partial charge in [-0.25, -0.2) is 9.59 Å². The van der Waals surface area contributed by atoms with Crippen LogP contribution in [0.4, 0.5) is 4.79 Å². The van der Waals surface area contributed by atoms with Gasteiger partial charge in [0.1, 0.15) is 6.61 Å². The lowest BCUT2D eigenvalue weighted by Gasteiger charge is -2.05. The number of aromatic nitrogens is 1. The Morgan fingerprint density at radius 1 is 1.20 bits per heavy atom. The molecular weight excluding hydrogens is 320 g/mol. The molecule has 2 rings (SSSR count). The van der Waals surface area contributed by atoms with E-state index in [-0.39, 0.29) is 6.61 Å². The number of pyridine rings is 1. The Morgan fingerprint density at radius 3 is 2.76 bits per heavy atom. The molecular formula is C19H18N2O4. The number of benzene rings is 1. The van der Waals surface area contributed by atoms with E-state index in [0.29, 0.717) is 24.1 Å². The van der Waals surface area contributed by atoms with Crippen molar-refractivity contribution in [3.8, 4) is 11.8 Å². The van der Waals surface area contributed by atoms with Crippen LogP contribution in [-0.2, 0) is 16.1 Å². The molecule has 0 bridgehead atoms. The highest BCUT2D eigenvalue weighted by atomic mass is 16.5. The van der Waals surface area contributed by atoms with Crippen molar-refractivity contribution >= 4 is 12.1 Å². The molecule has 0 aliphatic carbocycles. The van der Waals surface area contributed by atoms with Crippen LogP contribution < -0.4 is 5.32 Å². The molecule has 1 N–H and O–H groups in total. The maximum absolute atomic E-state index is 11.6. The minimum absolute atomic E-state index is 0.219. The van der Waals surface area contributed by atoms with Crippen molar-refractivity contribution in [2.45, 2.75) is 13.0 Å². The van der Waals surface area contributed by atoms with Crippen molar-refractivity contribution in [2.24, 2.45) is 0 Å². The Bertz CT molecular complexity index is 779. The van der Waals surface area contributed by atoms with Crippen molar-refractivity contribution in [3.05, 3.63) is 65.5 Å². The number of methoxy groups -OCH3 is 1. The summed E-state index contributed by atoms with van der Waals surface area (Å²) in [6, 6.07) is 11.0. The number of esters is 1. The van der Waals surface area contributed by atoms with Crippen LogP contribution in [0.5, 0.6) is 0 Å². The number of nitrogens with zero attached hydrogens (tertiary/aromatic N) is 1. The Hall–Kier alpha value is -3.33. The number of hydrogen-bond donors (Lipinski definition) is 1. The number of carbonyl (C=O) groups is 2. The molecule has 0 saturated heterocycles. The first-order valence-electron chi connectivity index (χ1n) is 7.66. The van der Waals surface area contributed by atoms with Gasteiger partial charge in [0.25, 0.3) is 0 Å². The molecule has 0 unspecified atom stereocenters. The molecule has 1 aromatic carbocycles. The van der Waals surface area contributed by atoms with E-state index >= 15 is 0 Å². The average Bonchev–Trinajstić information content (AvgIpc) is 2.66. The summed E-state index contributed by atoms with van der Waals surface area (Å²) in [6.07, 6.45) is 2.92. The van der Waals surface area contributed by atoms with E-state index < -0.39 is 12.1 Å². The zero-order valence-corrected chi connectivity index (χ0v) is 13.8. The SMILES string of the molecule is COC(=O)c1ccncc1C#CCCNC(=O)OCc1ccccc1. The monoisotopic (exact) mass is 338 g/mol. The molecule has 6 nitrogen and oxygen atoms in total. The summed E-state index contributed by atoms with van der Waals surface area (Å²) in [7, 11) is 1.31. The molecule has 0 atom stereocenters. The zero-order valence-electron chi connectivity index (χ0n) is 13.8. The number of ether oxygens (including phenoxy) is 2. The third kappa shape index (κ3) is 5.99. The van der Waals surface area contributed by atoms with Crippen molar-refractivity contribution in [3.63, 3.8) is 0 Å². The van der Waals surface area contributed by atoms with Gasteiger partial charge in [-0.3, -0.25) is 4.98 Å². The first kappa shape index (κ1) is 18.0. The highest BCUT2D eigenvalue weighted by Crippen LogP contribution is 2.06. The standard InChI is InChI=1S/C19H18N2O4/c1-24-18(22)17-10-12-20-13-16(17)9-5-6-11-21-19(23)25-14-15-7-3-2-4-8-15/h2-4,7-8,10,12-13H,6,11,14H2,1H3,(H,21,23). The highest BCUT2D eigenvalue weighted by molar-refractivity contribution is 5.92. The molecule has 0 radical (unpaired) electrons. The molecule has 0 fully saturated rings. The first-order chi connectivity index (χ1) is 12.2. The fourth-order valence-electron chi connectivity index (χ4n) is 1.94. The molecule has 0 saturated carbocycles. The summed E-state index contributed by atoms with van der Waals surface area (Å²) in [5.74, 6) is 5.27. The molecule has 6 heteroatoms. The van der Waals surface area contributed by atoms with Crippen molar-refractivity contribution < 1.29 is 19.1 Å². The lowest BCUT2D eigenvalue weighted by atomic mass is 10.1. The van der Waals surface area contributed by atoms with Crippen LogP contribution in [0.15, 0.2) is 48.8 Å². The molecule has 1 amide bonds. The van der Waals surface area contributed by atoms with Crippen LogP contribution in [0.1, 0.15) is 27.9 Å². The van der Waals surface area contributed by atoms with Crippen LogP contribution >= 0.6 is 0 Å². The predicted molar refractivity (Wildman–Crippen MR) is 91.7 cm³/mol. The Kier molecular flexibility index (Phi) is 7.01. The summed E-state index contributed by atoms with van der Waals surface area (Å²) in [4.78, 5) is 27.1. The summed E-state index contributed by atoms with van der Waals surface area (Å²) in [5, 5.41) is 2.62. The first-order valence-corrected chi connectivity index (χ1v) is 7.66. The van der Waals surface area contributed by atoms with E-state index in [4.69, 9.17) is 9.47 Å². The minimum Gasteiger partial charge on any atom is -0.465 e. The number of alkyl carbamates (subject to hydrolysis) is 1. The van der Waals surface area contributed by atoms with E-state index in [9.17, 15) is 9.59 Å². The van der Waals surface area contributed by atoms with Crippen LogP contribution in [0.25, 0.3) is 0 Å². The normalized spacial score (nSPS) is 9.48. The topological polar surface area (TPSA) is 77.5 Å². The maximum atomic E-state index is 11.6. The summed E-state index contributed by atoms with van der Waals surface area (Å²) in [6.45, 7) is 0.560. The van der Waals surface area contributed by atoms with Gasteiger partial charge in [0.15, 0.2) is 0 Å².